The lowest BCUT2D eigenvalue weighted by Gasteiger charge is -2.05. The van der Waals surface area contributed by atoms with Crippen molar-refractivity contribution in [1.29, 1.82) is 0 Å². The summed E-state index contributed by atoms with van der Waals surface area (Å²) in [5.74, 6) is 0.185. The number of aromatic hydroxyl groups is 1. The number of phenols is 1. The molecule has 0 bridgehead atoms. The van der Waals surface area contributed by atoms with E-state index in [1.54, 1.807) is 12.1 Å². The monoisotopic (exact) mass is 238 g/mol. The van der Waals surface area contributed by atoms with Crippen molar-refractivity contribution in [2.75, 3.05) is 0 Å². The molecule has 0 heterocycles. The van der Waals surface area contributed by atoms with E-state index in [-0.39, 0.29) is 5.75 Å². The van der Waals surface area contributed by atoms with E-state index in [2.05, 4.69) is 12.1 Å². The van der Waals surface area contributed by atoms with Gasteiger partial charge < -0.3 is 5.11 Å². The molecule has 0 aliphatic carbocycles. The van der Waals surface area contributed by atoms with Gasteiger partial charge in [0.2, 0.25) is 0 Å². The third kappa shape index (κ3) is 3.08. The molecule has 0 aliphatic heterocycles. The Bertz CT molecular complexity index is 557. The first-order valence-electron chi connectivity index (χ1n) is 5.77. The maximum absolute atomic E-state index is 10.3. The summed E-state index contributed by atoms with van der Waals surface area (Å²) in [6.07, 6.45) is 4.49. The lowest BCUT2D eigenvalue weighted by molar-refractivity contribution is -0.104. The fraction of sp³-hybridized carbons (Fsp3) is 0.0625. The summed E-state index contributed by atoms with van der Waals surface area (Å²) in [6, 6.07) is 15.6. The Kier molecular flexibility index (Phi) is 3.92. The lowest BCUT2D eigenvalue weighted by atomic mass is 10.0. The largest absolute Gasteiger partial charge is 0.507 e. The molecule has 0 spiro atoms. The Balaban J connectivity index is 2.24. The molecule has 0 saturated heterocycles. The van der Waals surface area contributed by atoms with Gasteiger partial charge in [0.25, 0.3) is 0 Å². The molecule has 2 rings (SSSR count). The summed E-state index contributed by atoms with van der Waals surface area (Å²) in [7, 11) is 0. The van der Waals surface area contributed by atoms with Gasteiger partial charge in [-0.1, -0.05) is 36.4 Å². The van der Waals surface area contributed by atoms with Crippen molar-refractivity contribution in [3.05, 3.63) is 71.3 Å². The Labute approximate surface area is 106 Å². The smallest absolute Gasteiger partial charge is 0.142 e. The Hall–Kier alpha value is -2.35. The molecule has 0 unspecified atom stereocenters. The standard InChI is InChI=1S/C16H14O2/c17-10-4-7-15-12-14(8-9-16(15)18)11-13-5-2-1-3-6-13/h1-10,12,18H,11H2. The van der Waals surface area contributed by atoms with Crippen LogP contribution in [0.25, 0.3) is 6.08 Å². The third-order valence-electron chi connectivity index (χ3n) is 2.70. The molecular formula is C16H14O2. The summed E-state index contributed by atoms with van der Waals surface area (Å²) in [6.45, 7) is 0. The number of phenolic OH excluding ortho intramolecular Hbond substituents is 1. The topological polar surface area (TPSA) is 37.3 Å². The number of hydrogen-bond donors (Lipinski definition) is 1. The normalized spacial score (nSPS) is 10.7. The molecule has 0 aliphatic rings. The van der Waals surface area contributed by atoms with Crippen LogP contribution in [0.1, 0.15) is 16.7 Å². The molecule has 0 radical (unpaired) electrons. The van der Waals surface area contributed by atoms with Crippen molar-refractivity contribution < 1.29 is 9.90 Å². The molecule has 2 nitrogen and oxygen atoms in total. The van der Waals surface area contributed by atoms with Gasteiger partial charge in [-0.3, -0.25) is 4.79 Å². The minimum atomic E-state index is 0.185. The zero-order chi connectivity index (χ0) is 12.8. The predicted octanol–water partition coefficient (Wildman–Crippen LogP) is 3.20. The van der Waals surface area contributed by atoms with Gasteiger partial charge in [0.15, 0.2) is 0 Å². The van der Waals surface area contributed by atoms with Crippen LogP contribution < -0.4 is 0 Å². The van der Waals surface area contributed by atoms with Gasteiger partial charge in [-0.2, -0.15) is 0 Å². The van der Waals surface area contributed by atoms with Crippen LogP contribution in [0.3, 0.4) is 0 Å². The van der Waals surface area contributed by atoms with Gasteiger partial charge in [-0.05, 0) is 41.8 Å². The van der Waals surface area contributed by atoms with E-state index in [0.717, 1.165) is 12.0 Å². The fourth-order valence-electron chi connectivity index (χ4n) is 1.82. The van der Waals surface area contributed by atoms with Crippen LogP contribution in [-0.4, -0.2) is 11.4 Å². The summed E-state index contributed by atoms with van der Waals surface area (Å²) in [5, 5.41) is 9.66. The predicted molar refractivity (Wildman–Crippen MR) is 72.5 cm³/mol. The average Bonchev–Trinajstić information content (AvgIpc) is 2.40. The Morgan fingerprint density at radius 2 is 1.78 bits per heavy atom. The second-order valence-corrected chi connectivity index (χ2v) is 4.05. The van der Waals surface area contributed by atoms with Gasteiger partial charge in [0.05, 0.1) is 0 Å². The van der Waals surface area contributed by atoms with Gasteiger partial charge in [-0.25, -0.2) is 0 Å². The highest BCUT2D eigenvalue weighted by Gasteiger charge is 2.01. The summed E-state index contributed by atoms with van der Waals surface area (Å²) in [5.41, 5.74) is 2.98. The molecule has 2 aromatic rings. The molecule has 1 N–H and O–H groups in total. The molecule has 18 heavy (non-hydrogen) atoms. The highest BCUT2D eigenvalue weighted by atomic mass is 16.3. The highest BCUT2D eigenvalue weighted by Crippen LogP contribution is 2.21. The molecule has 2 heteroatoms. The molecule has 0 atom stereocenters. The van der Waals surface area contributed by atoms with Gasteiger partial charge in [0, 0.05) is 5.56 Å². The van der Waals surface area contributed by atoms with Crippen molar-refractivity contribution in [2.45, 2.75) is 6.42 Å². The summed E-state index contributed by atoms with van der Waals surface area (Å²) >= 11 is 0. The molecule has 0 aromatic heterocycles. The minimum absolute atomic E-state index is 0.185. The van der Waals surface area contributed by atoms with Crippen molar-refractivity contribution in [3.8, 4) is 5.75 Å². The Morgan fingerprint density at radius 1 is 1.00 bits per heavy atom. The number of carbonyl (C=O) groups is 1. The first-order chi connectivity index (χ1) is 8.79. The average molecular weight is 238 g/mol. The number of allylic oxidation sites excluding steroid dienone is 1. The summed E-state index contributed by atoms with van der Waals surface area (Å²) in [4.78, 5) is 10.3. The zero-order valence-electron chi connectivity index (χ0n) is 9.91. The Morgan fingerprint density at radius 3 is 2.50 bits per heavy atom. The number of aldehydes is 1. The zero-order valence-corrected chi connectivity index (χ0v) is 9.91. The van der Waals surface area contributed by atoms with E-state index in [0.29, 0.717) is 11.8 Å². The van der Waals surface area contributed by atoms with Crippen molar-refractivity contribution in [1.82, 2.24) is 0 Å². The van der Waals surface area contributed by atoms with Crippen LogP contribution in [0.5, 0.6) is 5.75 Å². The van der Waals surface area contributed by atoms with Crippen molar-refractivity contribution in [3.63, 3.8) is 0 Å². The van der Waals surface area contributed by atoms with E-state index < -0.39 is 0 Å². The van der Waals surface area contributed by atoms with Gasteiger partial charge >= 0.3 is 0 Å². The van der Waals surface area contributed by atoms with Crippen LogP contribution in [0, 0.1) is 0 Å². The van der Waals surface area contributed by atoms with E-state index >= 15 is 0 Å². The SMILES string of the molecule is O=CC=Cc1cc(Cc2ccccc2)ccc1O. The number of rotatable bonds is 4. The molecule has 2 aromatic carbocycles. The van der Waals surface area contributed by atoms with E-state index in [1.165, 1.54) is 11.6 Å². The molecule has 90 valence electrons. The molecular weight excluding hydrogens is 224 g/mol. The summed E-state index contributed by atoms with van der Waals surface area (Å²) < 4.78 is 0. The first-order valence-corrected chi connectivity index (χ1v) is 5.77. The van der Waals surface area contributed by atoms with E-state index in [4.69, 9.17) is 0 Å². The minimum Gasteiger partial charge on any atom is -0.507 e. The number of benzene rings is 2. The lowest BCUT2D eigenvalue weighted by Crippen LogP contribution is -1.88. The van der Waals surface area contributed by atoms with Crippen LogP contribution >= 0.6 is 0 Å². The first kappa shape index (κ1) is 12.1. The maximum Gasteiger partial charge on any atom is 0.142 e. The number of carbonyl (C=O) groups excluding carboxylic acids is 1. The van der Waals surface area contributed by atoms with Gasteiger partial charge in [0.1, 0.15) is 12.0 Å². The van der Waals surface area contributed by atoms with E-state index in [9.17, 15) is 9.90 Å². The van der Waals surface area contributed by atoms with Crippen LogP contribution in [0.15, 0.2) is 54.6 Å². The number of hydrogen-bond acceptors (Lipinski definition) is 2. The second-order valence-electron chi connectivity index (χ2n) is 4.05. The fourth-order valence-corrected chi connectivity index (χ4v) is 1.82. The van der Waals surface area contributed by atoms with Crippen molar-refractivity contribution >= 4 is 12.4 Å². The van der Waals surface area contributed by atoms with Crippen LogP contribution in [-0.2, 0) is 11.2 Å². The third-order valence-corrected chi connectivity index (χ3v) is 2.70. The van der Waals surface area contributed by atoms with Crippen molar-refractivity contribution in [2.24, 2.45) is 0 Å². The second kappa shape index (κ2) is 5.82. The molecule has 0 amide bonds. The van der Waals surface area contributed by atoms with Crippen LogP contribution in [0.4, 0.5) is 0 Å². The van der Waals surface area contributed by atoms with E-state index in [1.807, 2.05) is 30.3 Å². The van der Waals surface area contributed by atoms with Crippen LogP contribution in [0.2, 0.25) is 0 Å². The maximum atomic E-state index is 10.3. The highest BCUT2D eigenvalue weighted by molar-refractivity contribution is 5.75. The van der Waals surface area contributed by atoms with Gasteiger partial charge in [-0.15, -0.1) is 0 Å². The molecule has 0 fully saturated rings. The quantitative estimate of drug-likeness (QED) is 0.656. The molecule has 0 saturated carbocycles.